The molecule has 1 heterocycles. The number of hydrogen-bond acceptors (Lipinski definition) is 3. The van der Waals surface area contributed by atoms with Crippen LogP contribution in [0.1, 0.15) is 58.0 Å². The highest BCUT2D eigenvalue weighted by Gasteiger charge is 2.15. The van der Waals surface area contributed by atoms with Crippen LogP contribution in [-0.2, 0) is 6.42 Å². The Kier molecular flexibility index (Phi) is 4.78. The van der Waals surface area contributed by atoms with E-state index in [0.717, 1.165) is 11.6 Å². The van der Waals surface area contributed by atoms with E-state index in [1.54, 1.807) is 0 Å². The fourth-order valence-electron chi connectivity index (χ4n) is 1.66. The molecular formula is C13H24N2S. The standard InChI is InChI=1S/C13H24N2S/c1-8(2)7-11-12(9(3)4)16-13(15-11)14-10(5)6/h8-10H,7H2,1-6H3,(H,14,15). The van der Waals surface area contributed by atoms with Crippen molar-refractivity contribution in [2.24, 2.45) is 5.92 Å². The highest BCUT2D eigenvalue weighted by molar-refractivity contribution is 7.15. The Morgan fingerprint density at radius 3 is 2.19 bits per heavy atom. The van der Waals surface area contributed by atoms with Crippen molar-refractivity contribution in [2.45, 2.75) is 59.9 Å². The molecule has 0 aliphatic rings. The molecule has 1 N–H and O–H groups in total. The summed E-state index contributed by atoms with van der Waals surface area (Å²) in [7, 11) is 0. The Morgan fingerprint density at radius 2 is 1.75 bits per heavy atom. The van der Waals surface area contributed by atoms with E-state index in [2.05, 4.69) is 46.9 Å². The smallest absolute Gasteiger partial charge is 0.183 e. The molecule has 0 spiro atoms. The molecule has 0 aliphatic heterocycles. The lowest BCUT2D eigenvalue weighted by molar-refractivity contribution is 0.630. The van der Waals surface area contributed by atoms with E-state index in [0.29, 0.717) is 17.9 Å². The number of rotatable bonds is 5. The summed E-state index contributed by atoms with van der Waals surface area (Å²) in [5.41, 5.74) is 1.29. The summed E-state index contributed by atoms with van der Waals surface area (Å²) in [6, 6.07) is 0.457. The summed E-state index contributed by atoms with van der Waals surface area (Å²) >= 11 is 1.82. The molecule has 92 valence electrons. The van der Waals surface area contributed by atoms with Crippen LogP contribution in [0.15, 0.2) is 0 Å². The van der Waals surface area contributed by atoms with E-state index >= 15 is 0 Å². The highest BCUT2D eigenvalue weighted by atomic mass is 32.1. The van der Waals surface area contributed by atoms with E-state index in [4.69, 9.17) is 4.98 Å². The molecule has 0 saturated carbocycles. The van der Waals surface area contributed by atoms with Gasteiger partial charge in [-0.05, 0) is 32.1 Å². The molecule has 0 atom stereocenters. The second kappa shape index (κ2) is 5.67. The van der Waals surface area contributed by atoms with Gasteiger partial charge in [-0.1, -0.05) is 27.7 Å². The molecule has 0 aliphatic carbocycles. The van der Waals surface area contributed by atoms with Crippen molar-refractivity contribution in [1.29, 1.82) is 0 Å². The van der Waals surface area contributed by atoms with Crippen LogP contribution >= 0.6 is 11.3 Å². The van der Waals surface area contributed by atoms with Crippen LogP contribution in [0.3, 0.4) is 0 Å². The fourth-order valence-corrected chi connectivity index (χ4v) is 2.80. The molecule has 1 rings (SSSR count). The third-order valence-corrected chi connectivity index (χ3v) is 3.60. The Morgan fingerprint density at radius 1 is 1.12 bits per heavy atom. The Bertz CT molecular complexity index is 327. The first kappa shape index (κ1) is 13.5. The molecule has 16 heavy (non-hydrogen) atoms. The molecule has 3 heteroatoms. The van der Waals surface area contributed by atoms with Crippen LogP contribution in [0.25, 0.3) is 0 Å². The van der Waals surface area contributed by atoms with Gasteiger partial charge in [-0.3, -0.25) is 0 Å². The number of aromatic nitrogens is 1. The van der Waals surface area contributed by atoms with Crippen LogP contribution in [-0.4, -0.2) is 11.0 Å². The fraction of sp³-hybridized carbons (Fsp3) is 0.769. The Hall–Kier alpha value is -0.570. The number of anilines is 1. The first-order chi connectivity index (χ1) is 7.40. The van der Waals surface area contributed by atoms with Gasteiger partial charge < -0.3 is 5.32 Å². The van der Waals surface area contributed by atoms with Crippen molar-refractivity contribution in [3.05, 3.63) is 10.6 Å². The van der Waals surface area contributed by atoms with E-state index in [-0.39, 0.29) is 0 Å². The van der Waals surface area contributed by atoms with Gasteiger partial charge in [-0.15, -0.1) is 11.3 Å². The molecule has 0 bridgehead atoms. The van der Waals surface area contributed by atoms with Gasteiger partial charge in [-0.2, -0.15) is 0 Å². The minimum Gasteiger partial charge on any atom is -0.359 e. The summed E-state index contributed by atoms with van der Waals surface area (Å²) in [5, 5.41) is 4.48. The molecule has 0 aromatic carbocycles. The molecule has 2 nitrogen and oxygen atoms in total. The van der Waals surface area contributed by atoms with Gasteiger partial charge in [0.05, 0.1) is 5.69 Å². The van der Waals surface area contributed by atoms with Crippen molar-refractivity contribution in [3.63, 3.8) is 0 Å². The average molecular weight is 240 g/mol. The normalized spacial score (nSPS) is 11.8. The predicted molar refractivity (Wildman–Crippen MR) is 73.5 cm³/mol. The maximum atomic E-state index is 4.72. The van der Waals surface area contributed by atoms with Gasteiger partial charge in [0.15, 0.2) is 5.13 Å². The Balaban J connectivity index is 2.91. The summed E-state index contributed by atoms with van der Waals surface area (Å²) in [6.07, 6.45) is 1.09. The van der Waals surface area contributed by atoms with E-state index in [9.17, 15) is 0 Å². The number of nitrogens with one attached hydrogen (secondary N) is 1. The predicted octanol–water partition coefficient (Wildman–Crippen LogP) is 4.29. The summed E-state index contributed by atoms with van der Waals surface area (Å²) in [5.74, 6) is 1.25. The minimum absolute atomic E-state index is 0.457. The van der Waals surface area contributed by atoms with Crippen LogP contribution in [0.4, 0.5) is 5.13 Å². The number of nitrogens with zero attached hydrogens (tertiary/aromatic N) is 1. The number of hydrogen-bond donors (Lipinski definition) is 1. The maximum Gasteiger partial charge on any atom is 0.183 e. The maximum absolute atomic E-state index is 4.72. The quantitative estimate of drug-likeness (QED) is 0.830. The SMILES string of the molecule is CC(C)Cc1nc(NC(C)C)sc1C(C)C. The molecule has 0 fully saturated rings. The molecule has 0 saturated heterocycles. The van der Waals surface area contributed by atoms with Crippen molar-refractivity contribution in [1.82, 2.24) is 4.98 Å². The molecule has 1 aromatic rings. The van der Waals surface area contributed by atoms with Gasteiger partial charge in [-0.25, -0.2) is 4.98 Å². The van der Waals surface area contributed by atoms with Crippen LogP contribution < -0.4 is 5.32 Å². The lowest BCUT2D eigenvalue weighted by Gasteiger charge is -2.06. The number of thiazole rings is 1. The molecule has 0 amide bonds. The Labute approximate surface area is 103 Å². The first-order valence-electron chi connectivity index (χ1n) is 6.16. The lowest BCUT2D eigenvalue weighted by atomic mass is 10.0. The van der Waals surface area contributed by atoms with E-state index in [1.165, 1.54) is 10.6 Å². The summed E-state index contributed by atoms with van der Waals surface area (Å²) in [6.45, 7) is 13.3. The van der Waals surface area contributed by atoms with Gasteiger partial charge >= 0.3 is 0 Å². The molecule has 0 radical (unpaired) electrons. The van der Waals surface area contributed by atoms with Crippen LogP contribution in [0.2, 0.25) is 0 Å². The summed E-state index contributed by atoms with van der Waals surface area (Å²) in [4.78, 5) is 6.16. The minimum atomic E-state index is 0.457. The van der Waals surface area contributed by atoms with Gasteiger partial charge in [0.25, 0.3) is 0 Å². The first-order valence-corrected chi connectivity index (χ1v) is 6.98. The summed E-state index contributed by atoms with van der Waals surface area (Å²) < 4.78 is 0. The van der Waals surface area contributed by atoms with Crippen molar-refractivity contribution in [3.8, 4) is 0 Å². The van der Waals surface area contributed by atoms with Crippen LogP contribution in [0.5, 0.6) is 0 Å². The second-order valence-corrected chi connectivity index (χ2v) is 6.41. The third kappa shape index (κ3) is 3.78. The van der Waals surface area contributed by atoms with E-state index in [1.807, 2.05) is 11.3 Å². The van der Waals surface area contributed by atoms with Gasteiger partial charge in [0, 0.05) is 10.9 Å². The molecule has 0 unspecified atom stereocenters. The zero-order chi connectivity index (χ0) is 12.3. The average Bonchev–Trinajstić information content (AvgIpc) is 2.45. The largest absolute Gasteiger partial charge is 0.359 e. The lowest BCUT2D eigenvalue weighted by Crippen LogP contribution is -2.09. The van der Waals surface area contributed by atoms with Crippen molar-refractivity contribution < 1.29 is 0 Å². The zero-order valence-electron chi connectivity index (χ0n) is 11.3. The third-order valence-electron chi connectivity index (χ3n) is 2.27. The van der Waals surface area contributed by atoms with Crippen molar-refractivity contribution >= 4 is 16.5 Å². The van der Waals surface area contributed by atoms with Gasteiger partial charge in [0.2, 0.25) is 0 Å². The van der Waals surface area contributed by atoms with E-state index < -0.39 is 0 Å². The molecular weight excluding hydrogens is 216 g/mol. The van der Waals surface area contributed by atoms with Gasteiger partial charge in [0.1, 0.15) is 0 Å². The molecule has 1 aromatic heterocycles. The highest BCUT2D eigenvalue weighted by Crippen LogP contribution is 2.31. The van der Waals surface area contributed by atoms with Crippen molar-refractivity contribution in [2.75, 3.05) is 5.32 Å². The monoisotopic (exact) mass is 240 g/mol. The second-order valence-electron chi connectivity index (χ2n) is 5.38. The zero-order valence-corrected chi connectivity index (χ0v) is 12.1. The topological polar surface area (TPSA) is 24.9 Å². The van der Waals surface area contributed by atoms with Crippen LogP contribution in [0, 0.1) is 5.92 Å².